The zero-order valence-electron chi connectivity index (χ0n) is 16.4. The van der Waals surface area contributed by atoms with Crippen LogP contribution in [0.15, 0.2) is 54.9 Å². The summed E-state index contributed by atoms with van der Waals surface area (Å²) in [6.07, 6.45) is 2.75. The third-order valence-corrected chi connectivity index (χ3v) is 5.24. The lowest BCUT2D eigenvalue weighted by atomic mass is 10.1. The van der Waals surface area contributed by atoms with Crippen molar-refractivity contribution in [3.05, 3.63) is 72.1 Å². The fourth-order valence-corrected chi connectivity index (χ4v) is 3.73. The van der Waals surface area contributed by atoms with Crippen molar-refractivity contribution in [3.63, 3.8) is 0 Å². The van der Waals surface area contributed by atoms with Gasteiger partial charge in [-0.1, -0.05) is 25.1 Å². The number of hydrogen-bond acceptors (Lipinski definition) is 5. The van der Waals surface area contributed by atoms with Crippen LogP contribution in [0.1, 0.15) is 24.1 Å². The van der Waals surface area contributed by atoms with E-state index in [0.29, 0.717) is 13.2 Å². The molecule has 0 unspecified atom stereocenters. The molecule has 2 aromatic carbocycles. The average Bonchev–Trinajstić information content (AvgIpc) is 3.33. The van der Waals surface area contributed by atoms with Gasteiger partial charge in [0.05, 0.1) is 37.1 Å². The molecular formula is C22H21N5O2. The lowest BCUT2D eigenvalue weighted by Crippen LogP contribution is -2.11. The van der Waals surface area contributed by atoms with E-state index in [1.807, 2.05) is 54.9 Å². The van der Waals surface area contributed by atoms with Crippen LogP contribution in [0, 0.1) is 0 Å². The van der Waals surface area contributed by atoms with E-state index in [2.05, 4.69) is 31.2 Å². The Morgan fingerprint density at radius 1 is 1.03 bits per heavy atom. The van der Waals surface area contributed by atoms with Gasteiger partial charge < -0.3 is 18.6 Å². The largest absolute Gasteiger partial charge is 0.497 e. The summed E-state index contributed by atoms with van der Waals surface area (Å²) in [6, 6.07) is 15.7. The van der Waals surface area contributed by atoms with E-state index in [0.717, 1.165) is 52.2 Å². The van der Waals surface area contributed by atoms with Crippen molar-refractivity contribution in [1.29, 1.82) is 0 Å². The summed E-state index contributed by atoms with van der Waals surface area (Å²) in [6.45, 7) is 3.09. The van der Waals surface area contributed by atoms with Crippen molar-refractivity contribution >= 4 is 0 Å². The molecule has 7 nitrogen and oxygen atoms in total. The van der Waals surface area contributed by atoms with Crippen molar-refractivity contribution in [1.82, 2.24) is 24.3 Å². The molecule has 2 aromatic heterocycles. The molecule has 0 amide bonds. The zero-order valence-corrected chi connectivity index (χ0v) is 16.4. The predicted octanol–water partition coefficient (Wildman–Crippen LogP) is 3.64. The van der Waals surface area contributed by atoms with Gasteiger partial charge in [-0.25, -0.2) is 4.98 Å². The number of aryl methyl sites for hydroxylation is 1. The first kappa shape index (κ1) is 17.5. The Labute approximate surface area is 168 Å². The Kier molecular flexibility index (Phi) is 4.27. The first-order valence-electron chi connectivity index (χ1n) is 9.62. The number of imidazole rings is 1. The van der Waals surface area contributed by atoms with Gasteiger partial charge in [0.25, 0.3) is 0 Å². The highest BCUT2D eigenvalue weighted by molar-refractivity contribution is 5.71. The molecule has 0 radical (unpaired) electrons. The molecule has 3 heterocycles. The number of rotatable bonds is 5. The fraction of sp³-hybridized carbons (Fsp3) is 0.227. The third-order valence-electron chi connectivity index (χ3n) is 5.24. The summed E-state index contributed by atoms with van der Waals surface area (Å²) in [7, 11) is 1.67. The van der Waals surface area contributed by atoms with Crippen LogP contribution in [0.5, 0.6) is 11.5 Å². The highest BCUT2D eigenvalue weighted by Crippen LogP contribution is 2.35. The summed E-state index contributed by atoms with van der Waals surface area (Å²) < 4.78 is 15.7. The highest BCUT2D eigenvalue weighted by Gasteiger charge is 2.26. The molecule has 1 aliphatic heterocycles. The Balaban J connectivity index is 1.62. The molecule has 0 aliphatic carbocycles. The van der Waals surface area contributed by atoms with Gasteiger partial charge in [-0.3, -0.25) is 0 Å². The standard InChI is InChI=1S/C22H21N5O2/c1-3-18-20-12-26-21(13-29-15-7-5-4-6-8-15)24-25-22(26)17-11-16(28-2)9-10-19(17)27(20)14-23-18/h4-11,14H,3,12-13H2,1-2H3. The Hall–Kier alpha value is -3.61. The highest BCUT2D eigenvalue weighted by atomic mass is 16.5. The van der Waals surface area contributed by atoms with E-state index in [1.165, 1.54) is 0 Å². The SMILES string of the molecule is CCc1ncn2c1Cn1c(COc3ccccc3)nnc1-c1cc(OC)ccc1-2. The smallest absolute Gasteiger partial charge is 0.171 e. The summed E-state index contributed by atoms with van der Waals surface area (Å²) >= 11 is 0. The number of para-hydroxylation sites is 1. The minimum Gasteiger partial charge on any atom is -0.497 e. The summed E-state index contributed by atoms with van der Waals surface area (Å²) in [5.74, 6) is 3.16. The van der Waals surface area contributed by atoms with Gasteiger partial charge >= 0.3 is 0 Å². The molecular weight excluding hydrogens is 366 g/mol. The number of methoxy groups -OCH3 is 1. The predicted molar refractivity (Wildman–Crippen MR) is 108 cm³/mol. The summed E-state index contributed by atoms with van der Waals surface area (Å²) in [5, 5.41) is 8.95. The van der Waals surface area contributed by atoms with Gasteiger partial charge in [-0.2, -0.15) is 0 Å². The molecule has 5 rings (SSSR count). The van der Waals surface area contributed by atoms with Crippen LogP contribution in [0.2, 0.25) is 0 Å². The lowest BCUT2D eigenvalue weighted by molar-refractivity contribution is 0.290. The number of ether oxygens (including phenoxy) is 2. The van der Waals surface area contributed by atoms with Gasteiger partial charge in [0.1, 0.15) is 18.1 Å². The molecule has 0 bridgehead atoms. The molecule has 0 saturated carbocycles. The number of benzene rings is 2. The van der Waals surface area contributed by atoms with Crippen LogP contribution in [-0.4, -0.2) is 31.4 Å². The Morgan fingerprint density at radius 3 is 2.69 bits per heavy atom. The zero-order chi connectivity index (χ0) is 19.8. The van der Waals surface area contributed by atoms with Crippen LogP contribution >= 0.6 is 0 Å². The van der Waals surface area contributed by atoms with Gasteiger partial charge in [-0.15, -0.1) is 10.2 Å². The number of aromatic nitrogens is 5. The van der Waals surface area contributed by atoms with Crippen molar-refractivity contribution in [2.45, 2.75) is 26.5 Å². The molecule has 7 heteroatoms. The van der Waals surface area contributed by atoms with Crippen molar-refractivity contribution in [2.75, 3.05) is 7.11 Å². The van der Waals surface area contributed by atoms with E-state index in [1.54, 1.807) is 7.11 Å². The molecule has 4 aromatic rings. The molecule has 0 spiro atoms. The Morgan fingerprint density at radius 2 is 1.90 bits per heavy atom. The second-order valence-electron chi connectivity index (χ2n) is 6.87. The lowest BCUT2D eigenvalue weighted by Gasteiger charge is -2.10. The molecule has 0 N–H and O–H groups in total. The maximum Gasteiger partial charge on any atom is 0.171 e. The third kappa shape index (κ3) is 2.95. The van der Waals surface area contributed by atoms with E-state index in [4.69, 9.17) is 9.47 Å². The maximum atomic E-state index is 5.95. The molecule has 1 aliphatic rings. The minimum atomic E-state index is 0.339. The quantitative estimate of drug-likeness (QED) is 0.461. The summed E-state index contributed by atoms with van der Waals surface area (Å²) in [4.78, 5) is 4.63. The first-order chi connectivity index (χ1) is 14.3. The maximum absolute atomic E-state index is 5.95. The number of nitrogens with zero attached hydrogens (tertiary/aromatic N) is 5. The molecule has 0 fully saturated rings. The monoisotopic (exact) mass is 387 g/mol. The molecule has 29 heavy (non-hydrogen) atoms. The fourth-order valence-electron chi connectivity index (χ4n) is 3.73. The molecule has 0 saturated heterocycles. The van der Waals surface area contributed by atoms with Crippen LogP contribution in [0.3, 0.4) is 0 Å². The van der Waals surface area contributed by atoms with Gasteiger partial charge in [0.15, 0.2) is 11.6 Å². The topological polar surface area (TPSA) is 67.0 Å². The minimum absolute atomic E-state index is 0.339. The van der Waals surface area contributed by atoms with Gasteiger partial charge in [0, 0.05) is 5.56 Å². The molecule has 0 atom stereocenters. The van der Waals surface area contributed by atoms with E-state index < -0.39 is 0 Å². The normalized spacial score (nSPS) is 11.9. The van der Waals surface area contributed by atoms with Crippen molar-refractivity contribution in [3.8, 4) is 28.6 Å². The van der Waals surface area contributed by atoms with Crippen molar-refractivity contribution in [2.24, 2.45) is 0 Å². The second-order valence-corrected chi connectivity index (χ2v) is 6.87. The van der Waals surface area contributed by atoms with E-state index in [9.17, 15) is 0 Å². The van der Waals surface area contributed by atoms with Crippen LogP contribution in [0.25, 0.3) is 17.1 Å². The van der Waals surface area contributed by atoms with E-state index in [-0.39, 0.29) is 0 Å². The van der Waals surface area contributed by atoms with Crippen LogP contribution < -0.4 is 9.47 Å². The Bertz CT molecular complexity index is 1160. The van der Waals surface area contributed by atoms with Crippen LogP contribution in [0.4, 0.5) is 0 Å². The van der Waals surface area contributed by atoms with E-state index >= 15 is 0 Å². The average molecular weight is 387 g/mol. The van der Waals surface area contributed by atoms with Gasteiger partial charge in [0.2, 0.25) is 0 Å². The summed E-state index contributed by atoms with van der Waals surface area (Å²) in [5.41, 5.74) is 4.19. The van der Waals surface area contributed by atoms with Crippen molar-refractivity contribution < 1.29 is 9.47 Å². The number of fused-ring (bicyclic) bond motifs is 5. The van der Waals surface area contributed by atoms with Crippen LogP contribution in [-0.2, 0) is 19.6 Å². The second kappa shape index (κ2) is 7.09. The molecule has 146 valence electrons. The van der Waals surface area contributed by atoms with Gasteiger partial charge in [-0.05, 0) is 36.8 Å². The first-order valence-corrected chi connectivity index (χ1v) is 9.62. The number of hydrogen-bond donors (Lipinski definition) is 0.